The Morgan fingerprint density at radius 1 is 1.26 bits per heavy atom. The Morgan fingerprint density at radius 3 is 2.48 bits per heavy atom. The number of amides is 1. The maximum absolute atomic E-state index is 12.9. The van der Waals surface area contributed by atoms with Gasteiger partial charge >= 0.3 is 0 Å². The van der Waals surface area contributed by atoms with Gasteiger partial charge in [0.15, 0.2) is 0 Å². The van der Waals surface area contributed by atoms with Crippen LogP contribution in [0.25, 0.3) is 0 Å². The number of hydrogen-bond acceptors (Lipinski definition) is 6. The van der Waals surface area contributed by atoms with E-state index in [1.165, 1.54) is 28.7 Å². The topological polar surface area (TPSA) is 97.2 Å². The largest absolute Gasteiger partial charge is 0.322 e. The summed E-state index contributed by atoms with van der Waals surface area (Å²) < 4.78 is 29.1. The summed E-state index contributed by atoms with van der Waals surface area (Å²) in [5.41, 5.74) is 2.37. The Balaban J connectivity index is 1.64. The van der Waals surface area contributed by atoms with Crippen LogP contribution in [0.2, 0.25) is 0 Å². The van der Waals surface area contributed by atoms with Crippen LogP contribution in [-0.4, -0.2) is 51.7 Å². The zero-order valence-corrected chi connectivity index (χ0v) is 20.4. The minimum atomic E-state index is -3.58. The molecule has 0 radical (unpaired) electrons. The first-order chi connectivity index (χ1) is 14.6. The average molecular weight is 466 g/mol. The summed E-state index contributed by atoms with van der Waals surface area (Å²) in [5.74, 6) is -0.153. The van der Waals surface area contributed by atoms with Crippen molar-refractivity contribution in [3.8, 4) is 0 Å². The van der Waals surface area contributed by atoms with Crippen LogP contribution in [0, 0.1) is 13.8 Å². The third-order valence-electron chi connectivity index (χ3n) is 5.90. The van der Waals surface area contributed by atoms with Crippen LogP contribution in [0.15, 0.2) is 28.3 Å². The molecule has 1 fully saturated rings. The normalized spacial score (nSPS) is 16.5. The number of carbonyl (C=O) groups excluding carboxylic acids is 1. The summed E-state index contributed by atoms with van der Waals surface area (Å²) in [6.07, 6.45) is 6.49. The van der Waals surface area contributed by atoms with Crippen molar-refractivity contribution in [2.24, 2.45) is 7.05 Å². The van der Waals surface area contributed by atoms with Gasteiger partial charge in [-0.15, -0.1) is 0 Å². The maximum Gasteiger partial charge on any atom is 0.244 e. The van der Waals surface area contributed by atoms with Crippen LogP contribution in [0.3, 0.4) is 0 Å². The zero-order chi connectivity index (χ0) is 22.8. The van der Waals surface area contributed by atoms with E-state index in [2.05, 4.69) is 15.4 Å². The van der Waals surface area contributed by atoms with Gasteiger partial charge in [0.05, 0.1) is 27.4 Å². The fourth-order valence-corrected chi connectivity index (χ4v) is 5.96. The highest BCUT2D eigenvalue weighted by Gasteiger charge is 2.29. The van der Waals surface area contributed by atoms with E-state index < -0.39 is 15.3 Å². The first-order valence-corrected chi connectivity index (χ1v) is 12.8. The van der Waals surface area contributed by atoms with Gasteiger partial charge in [0.25, 0.3) is 0 Å². The minimum Gasteiger partial charge on any atom is -0.322 e. The lowest BCUT2D eigenvalue weighted by Crippen LogP contribution is -2.38. The van der Waals surface area contributed by atoms with Crippen molar-refractivity contribution in [2.75, 3.05) is 12.4 Å². The number of aromatic nitrogens is 3. The third kappa shape index (κ3) is 5.30. The smallest absolute Gasteiger partial charge is 0.244 e. The number of nitrogens with zero attached hydrogens (tertiary/aromatic N) is 4. The van der Waals surface area contributed by atoms with Crippen LogP contribution >= 0.6 is 11.8 Å². The van der Waals surface area contributed by atoms with E-state index in [1.54, 1.807) is 30.8 Å². The van der Waals surface area contributed by atoms with E-state index in [0.29, 0.717) is 5.03 Å². The van der Waals surface area contributed by atoms with E-state index in [4.69, 9.17) is 0 Å². The Bertz CT molecular complexity index is 1030. The summed E-state index contributed by atoms with van der Waals surface area (Å²) in [7, 11) is -0.0848. The molecule has 0 saturated heterocycles. The van der Waals surface area contributed by atoms with Crippen LogP contribution in [0.1, 0.15) is 50.4 Å². The molecule has 170 valence electrons. The van der Waals surface area contributed by atoms with Crippen LogP contribution in [-0.2, 0) is 21.9 Å². The molecule has 0 bridgehead atoms. The highest BCUT2D eigenvalue weighted by atomic mass is 32.2. The molecular formula is C21H31N5O3S2. The van der Waals surface area contributed by atoms with Crippen LogP contribution in [0.5, 0.6) is 0 Å². The van der Waals surface area contributed by atoms with Gasteiger partial charge in [0.2, 0.25) is 15.9 Å². The van der Waals surface area contributed by atoms with Crippen molar-refractivity contribution >= 4 is 33.4 Å². The quantitative estimate of drug-likeness (QED) is 0.629. The molecule has 2 heterocycles. The fourth-order valence-electron chi connectivity index (χ4n) is 3.81. The fraction of sp³-hybridized carbons (Fsp3) is 0.571. The standard InChI is InChI=1S/C21H31N5O3S2/c1-14-20(15(2)25(4)24-14)23-21(27)16(3)30-19-12-11-18(13-22-19)31(28,29)26(5)17-9-7-6-8-10-17/h11-13,16-17H,6-10H2,1-5H3,(H,23,27)/t16-/m0/s1. The summed E-state index contributed by atoms with van der Waals surface area (Å²) in [6, 6.07) is 3.29. The molecule has 0 aliphatic heterocycles. The number of hydrogen-bond donors (Lipinski definition) is 1. The second-order valence-electron chi connectivity index (χ2n) is 8.06. The van der Waals surface area contributed by atoms with Gasteiger partial charge in [-0.3, -0.25) is 9.48 Å². The summed E-state index contributed by atoms with van der Waals surface area (Å²) >= 11 is 1.29. The lowest BCUT2D eigenvalue weighted by Gasteiger charge is -2.30. The molecule has 31 heavy (non-hydrogen) atoms. The Hall–Kier alpha value is -1.91. The predicted octanol–water partition coefficient (Wildman–Crippen LogP) is 3.50. The molecule has 1 aliphatic carbocycles. The van der Waals surface area contributed by atoms with Gasteiger partial charge in [-0.2, -0.15) is 9.40 Å². The molecular weight excluding hydrogens is 434 g/mol. The third-order valence-corrected chi connectivity index (χ3v) is 8.84. The van der Waals surface area contributed by atoms with Gasteiger partial charge in [0.1, 0.15) is 4.90 Å². The summed E-state index contributed by atoms with van der Waals surface area (Å²) in [4.78, 5) is 17.1. The molecule has 0 spiro atoms. The number of thioether (sulfide) groups is 1. The Kier molecular flexibility index (Phi) is 7.43. The number of aryl methyl sites for hydroxylation is 2. The number of sulfonamides is 1. The molecule has 3 rings (SSSR count). The molecule has 2 aromatic heterocycles. The van der Waals surface area contributed by atoms with Crippen LogP contribution in [0.4, 0.5) is 5.69 Å². The van der Waals surface area contributed by atoms with Crippen molar-refractivity contribution in [3.05, 3.63) is 29.7 Å². The van der Waals surface area contributed by atoms with Crippen molar-refractivity contribution in [2.45, 2.75) is 74.1 Å². The van der Waals surface area contributed by atoms with Crippen molar-refractivity contribution in [1.29, 1.82) is 0 Å². The molecule has 1 N–H and O–H groups in total. The molecule has 1 atom stereocenters. The van der Waals surface area contributed by atoms with Gasteiger partial charge in [-0.25, -0.2) is 13.4 Å². The highest BCUT2D eigenvalue weighted by molar-refractivity contribution is 8.00. The van der Waals surface area contributed by atoms with E-state index in [1.807, 2.05) is 20.9 Å². The molecule has 0 aromatic carbocycles. The van der Waals surface area contributed by atoms with Crippen molar-refractivity contribution < 1.29 is 13.2 Å². The minimum absolute atomic E-state index is 0.0518. The van der Waals surface area contributed by atoms with E-state index in [0.717, 1.165) is 42.8 Å². The lowest BCUT2D eigenvalue weighted by molar-refractivity contribution is -0.115. The van der Waals surface area contributed by atoms with E-state index in [-0.39, 0.29) is 16.8 Å². The first-order valence-electron chi connectivity index (χ1n) is 10.5. The number of carbonyl (C=O) groups is 1. The molecule has 0 unspecified atom stereocenters. The van der Waals surface area contributed by atoms with Gasteiger partial charge < -0.3 is 5.32 Å². The first kappa shape index (κ1) is 23.7. The number of pyridine rings is 1. The van der Waals surface area contributed by atoms with Gasteiger partial charge in [-0.1, -0.05) is 31.0 Å². The predicted molar refractivity (Wildman–Crippen MR) is 123 cm³/mol. The number of rotatable bonds is 7. The molecule has 1 saturated carbocycles. The molecule has 2 aromatic rings. The summed E-state index contributed by atoms with van der Waals surface area (Å²) in [6.45, 7) is 5.55. The van der Waals surface area contributed by atoms with Gasteiger partial charge in [-0.05, 0) is 45.7 Å². The zero-order valence-electron chi connectivity index (χ0n) is 18.8. The van der Waals surface area contributed by atoms with Gasteiger partial charge in [0, 0.05) is 26.3 Å². The molecule has 8 nitrogen and oxygen atoms in total. The van der Waals surface area contributed by atoms with E-state index in [9.17, 15) is 13.2 Å². The Morgan fingerprint density at radius 2 is 1.94 bits per heavy atom. The maximum atomic E-state index is 12.9. The molecule has 10 heteroatoms. The Labute approximate surface area is 188 Å². The molecule has 1 aliphatic rings. The van der Waals surface area contributed by atoms with Crippen molar-refractivity contribution in [1.82, 2.24) is 19.1 Å². The average Bonchev–Trinajstić information content (AvgIpc) is 3.00. The number of anilines is 1. The lowest BCUT2D eigenvalue weighted by atomic mass is 9.96. The highest BCUT2D eigenvalue weighted by Crippen LogP contribution is 2.28. The number of nitrogens with one attached hydrogen (secondary N) is 1. The SMILES string of the molecule is Cc1nn(C)c(C)c1NC(=O)[C@H](C)Sc1ccc(S(=O)(=O)N(C)C2CCCCC2)cn1. The monoisotopic (exact) mass is 465 g/mol. The summed E-state index contributed by atoms with van der Waals surface area (Å²) in [5, 5.41) is 7.44. The second kappa shape index (κ2) is 9.70. The molecule has 1 amide bonds. The van der Waals surface area contributed by atoms with Crippen LogP contribution < -0.4 is 5.32 Å². The van der Waals surface area contributed by atoms with E-state index >= 15 is 0 Å². The second-order valence-corrected chi connectivity index (χ2v) is 11.4. The van der Waals surface area contributed by atoms with Crippen molar-refractivity contribution in [3.63, 3.8) is 0 Å².